The Balaban J connectivity index is 1.52. The van der Waals surface area contributed by atoms with Crippen LogP contribution >= 0.6 is 11.8 Å². The zero-order valence-electron chi connectivity index (χ0n) is 16.4. The number of amides is 1. The van der Waals surface area contributed by atoms with Crippen LogP contribution < -0.4 is 5.32 Å². The number of carbonyl (C=O) groups excluding carboxylic acids is 1. The van der Waals surface area contributed by atoms with E-state index in [0.717, 1.165) is 42.5 Å². The van der Waals surface area contributed by atoms with Crippen molar-refractivity contribution in [3.63, 3.8) is 0 Å². The summed E-state index contributed by atoms with van der Waals surface area (Å²) in [7, 11) is 0. The molecule has 4 rings (SSSR count). The Labute approximate surface area is 176 Å². The lowest BCUT2D eigenvalue weighted by atomic mass is 10.0. The quantitative estimate of drug-likeness (QED) is 0.792. The van der Waals surface area contributed by atoms with Gasteiger partial charge >= 0.3 is 0 Å². The predicted octanol–water partition coefficient (Wildman–Crippen LogP) is 3.31. The molecule has 5 nitrogen and oxygen atoms in total. The largest absolute Gasteiger partial charge is 0.486 e. The Kier molecular flexibility index (Phi) is 6.87. The fourth-order valence-corrected chi connectivity index (χ4v) is 4.64. The van der Waals surface area contributed by atoms with Crippen LogP contribution in [0.25, 0.3) is 4.91 Å². The molecule has 1 saturated heterocycles. The van der Waals surface area contributed by atoms with E-state index in [1.54, 1.807) is 11.8 Å². The molecule has 152 valence electrons. The van der Waals surface area contributed by atoms with Gasteiger partial charge in [-0.1, -0.05) is 60.7 Å². The van der Waals surface area contributed by atoms with Gasteiger partial charge in [0.25, 0.3) is 5.91 Å². The van der Waals surface area contributed by atoms with Gasteiger partial charge in [0.15, 0.2) is 5.76 Å². The molecule has 2 aliphatic rings. The topological polar surface area (TPSA) is 50.8 Å². The number of hydrogen-bond acceptors (Lipinski definition) is 5. The monoisotopic (exact) mass is 410 g/mol. The average molecular weight is 411 g/mol. The minimum Gasteiger partial charge on any atom is -0.486 e. The lowest BCUT2D eigenvalue weighted by Gasteiger charge is -2.35. The summed E-state index contributed by atoms with van der Waals surface area (Å²) in [6.07, 6.45) is 0. The molecule has 2 aliphatic heterocycles. The third-order valence-corrected chi connectivity index (χ3v) is 6.23. The van der Waals surface area contributed by atoms with Crippen molar-refractivity contribution in [2.75, 3.05) is 45.2 Å². The lowest BCUT2D eigenvalue weighted by molar-refractivity contribution is -0.121. The van der Waals surface area contributed by atoms with Crippen LogP contribution in [0.15, 0.2) is 66.4 Å². The smallest absolute Gasteiger partial charge is 0.287 e. The van der Waals surface area contributed by atoms with E-state index in [1.807, 2.05) is 48.5 Å². The highest BCUT2D eigenvalue weighted by atomic mass is 32.2. The van der Waals surface area contributed by atoms with Gasteiger partial charge in [0.2, 0.25) is 0 Å². The van der Waals surface area contributed by atoms with E-state index in [4.69, 9.17) is 9.47 Å². The first-order valence-electron chi connectivity index (χ1n) is 10.0. The van der Waals surface area contributed by atoms with Gasteiger partial charge in [0.1, 0.15) is 0 Å². The fourth-order valence-electron chi connectivity index (χ4n) is 3.68. The Morgan fingerprint density at radius 3 is 2.41 bits per heavy atom. The summed E-state index contributed by atoms with van der Waals surface area (Å²) < 4.78 is 11.3. The van der Waals surface area contributed by atoms with E-state index in [0.29, 0.717) is 18.9 Å². The van der Waals surface area contributed by atoms with Crippen molar-refractivity contribution in [2.45, 2.75) is 6.04 Å². The maximum absolute atomic E-state index is 13.0. The second-order valence-corrected chi connectivity index (χ2v) is 8.11. The highest BCUT2D eigenvalue weighted by molar-refractivity contribution is 8.08. The van der Waals surface area contributed by atoms with Crippen LogP contribution in [0.3, 0.4) is 0 Å². The van der Waals surface area contributed by atoms with Gasteiger partial charge in [-0.25, -0.2) is 0 Å². The maximum atomic E-state index is 13.0. The normalized spacial score (nSPS) is 18.8. The summed E-state index contributed by atoms with van der Waals surface area (Å²) in [5, 5.41) is 3.13. The number of nitrogens with one attached hydrogen (secondary N) is 1. The van der Waals surface area contributed by atoms with Crippen molar-refractivity contribution in [2.24, 2.45) is 0 Å². The number of nitrogens with zero attached hydrogens (tertiary/aromatic N) is 1. The number of carbonyl (C=O) groups is 1. The first-order valence-corrected chi connectivity index (χ1v) is 11.0. The van der Waals surface area contributed by atoms with Crippen LogP contribution in [0.4, 0.5) is 0 Å². The van der Waals surface area contributed by atoms with Crippen molar-refractivity contribution < 1.29 is 14.3 Å². The number of morpholine rings is 1. The third-order valence-electron chi connectivity index (χ3n) is 5.15. The molecule has 0 spiro atoms. The Bertz CT molecular complexity index is 836. The molecular weight excluding hydrogens is 384 g/mol. The predicted molar refractivity (Wildman–Crippen MR) is 116 cm³/mol. The van der Waals surface area contributed by atoms with Crippen LogP contribution in [0.1, 0.15) is 17.2 Å². The number of rotatable bonds is 6. The zero-order chi connectivity index (χ0) is 19.9. The molecule has 0 aliphatic carbocycles. The first-order chi connectivity index (χ1) is 14.3. The summed E-state index contributed by atoms with van der Waals surface area (Å²) in [6.45, 7) is 4.25. The standard InChI is InChI=1S/C23H26N2O3S/c26-23(21-22(29-16-15-28-21)19-9-5-2-6-10-19)24-17-20(18-7-3-1-4-8-18)25-11-13-27-14-12-25/h1-10,20H,11-17H2,(H,24,26). The van der Waals surface area contributed by atoms with Gasteiger partial charge in [0, 0.05) is 25.4 Å². The molecule has 0 saturated carbocycles. The van der Waals surface area contributed by atoms with Gasteiger partial charge in [-0.2, -0.15) is 0 Å². The number of hydrogen-bond donors (Lipinski definition) is 1. The van der Waals surface area contributed by atoms with Gasteiger partial charge < -0.3 is 14.8 Å². The first kappa shape index (κ1) is 20.0. The molecule has 0 radical (unpaired) electrons. The summed E-state index contributed by atoms with van der Waals surface area (Å²) >= 11 is 1.68. The second kappa shape index (κ2) is 9.96. The summed E-state index contributed by atoms with van der Waals surface area (Å²) in [6, 6.07) is 20.4. The van der Waals surface area contributed by atoms with Gasteiger partial charge in [0.05, 0.1) is 30.8 Å². The molecule has 0 bridgehead atoms. The van der Waals surface area contributed by atoms with Crippen molar-refractivity contribution in [1.29, 1.82) is 0 Å². The van der Waals surface area contributed by atoms with Crippen LogP contribution in [0.2, 0.25) is 0 Å². The van der Waals surface area contributed by atoms with E-state index in [-0.39, 0.29) is 11.9 Å². The summed E-state index contributed by atoms with van der Waals surface area (Å²) in [4.78, 5) is 16.3. The van der Waals surface area contributed by atoms with Gasteiger partial charge in [-0.3, -0.25) is 9.69 Å². The Hall–Kier alpha value is -2.28. The Morgan fingerprint density at radius 1 is 1.00 bits per heavy atom. The van der Waals surface area contributed by atoms with E-state index < -0.39 is 0 Å². The van der Waals surface area contributed by atoms with Crippen molar-refractivity contribution in [1.82, 2.24) is 10.2 Å². The lowest BCUT2D eigenvalue weighted by Crippen LogP contribution is -2.44. The van der Waals surface area contributed by atoms with Crippen LogP contribution in [0, 0.1) is 0 Å². The van der Waals surface area contributed by atoms with E-state index >= 15 is 0 Å². The third kappa shape index (κ3) is 5.01. The van der Waals surface area contributed by atoms with Crippen molar-refractivity contribution in [3.05, 3.63) is 77.5 Å². The number of ether oxygens (including phenoxy) is 2. The molecule has 1 fully saturated rings. The highest BCUT2D eigenvalue weighted by Gasteiger charge is 2.26. The number of benzene rings is 2. The molecule has 1 unspecified atom stereocenters. The molecule has 29 heavy (non-hydrogen) atoms. The Morgan fingerprint density at radius 2 is 1.69 bits per heavy atom. The molecular formula is C23H26N2O3S. The maximum Gasteiger partial charge on any atom is 0.287 e. The van der Waals surface area contributed by atoms with E-state index in [1.165, 1.54) is 5.56 Å². The SMILES string of the molecule is O=C(NCC(c1ccccc1)N1CCOCC1)C1=C(c2ccccc2)SCCO1. The van der Waals surface area contributed by atoms with Crippen LogP contribution in [-0.2, 0) is 14.3 Å². The van der Waals surface area contributed by atoms with E-state index in [2.05, 4.69) is 22.3 Å². The van der Waals surface area contributed by atoms with Crippen molar-refractivity contribution in [3.8, 4) is 0 Å². The molecule has 2 aromatic rings. The molecule has 1 amide bonds. The fraction of sp³-hybridized carbons (Fsp3) is 0.348. The van der Waals surface area contributed by atoms with E-state index in [9.17, 15) is 4.79 Å². The molecule has 1 N–H and O–H groups in total. The van der Waals surface area contributed by atoms with Crippen molar-refractivity contribution >= 4 is 22.6 Å². The highest BCUT2D eigenvalue weighted by Crippen LogP contribution is 2.34. The molecule has 2 aromatic carbocycles. The van der Waals surface area contributed by atoms with Gasteiger partial charge in [-0.05, 0) is 11.1 Å². The summed E-state index contributed by atoms with van der Waals surface area (Å²) in [5.74, 6) is 1.13. The summed E-state index contributed by atoms with van der Waals surface area (Å²) in [5.41, 5.74) is 2.22. The second-order valence-electron chi connectivity index (χ2n) is 7.01. The minimum absolute atomic E-state index is 0.112. The zero-order valence-corrected chi connectivity index (χ0v) is 17.2. The van der Waals surface area contributed by atoms with Crippen LogP contribution in [0.5, 0.6) is 0 Å². The molecule has 1 atom stereocenters. The molecule has 0 aromatic heterocycles. The molecule has 6 heteroatoms. The average Bonchev–Trinajstić information content (AvgIpc) is 2.81. The molecule has 2 heterocycles. The number of thioether (sulfide) groups is 1. The van der Waals surface area contributed by atoms with Crippen LogP contribution in [-0.4, -0.2) is 56.0 Å². The van der Waals surface area contributed by atoms with Gasteiger partial charge in [-0.15, -0.1) is 11.8 Å². The minimum atomic E-state index is -0.148.